The second-order valence-corrected chi connectivity index (χ2v) is 4.88. The first-order chi connectivity index (χ1) is 12.0. The molecule has 0 atom stereocenters. The average molecular weight is 338 g/mol. The lowest BCUT2D eigenvalue weighted by Crippen LogP contribution is -2.07. The molecule has 2 aromatic carbocycles. The van der Waals surface area contributed by atoms with Gasteiger partial charge in [0.25, 0.3) is 0 Å². The van der Waals surface area contributed by atoms with Crippen molar-refractivity contribution in [2.75, 3.05) is 0 Å². The number of carboxylic acids is 2. The van der Waals surface area contributed by atoms with Gasteiger partial charge in [-0.05, 0) is 41.8 Å². The number of aliphatic imine (C=N–C) groups is 2. The van der Waals surface area contributed by atoms with Crippen LogP contribution in [0.1, 0.15) is 31.8 Å². The Morgan fingerprint density at radius 1 is 0.800 bits per heavy atom. The van der Waals surface area contributed by atoms with Crippen molar-refractivity contribution in [1.29, 1.82) is 0 Å². The van der Waals surface area contributed by atoms with Gasteiger partial charge in [-0.2, -0.15) is 9.98 Å². The number of carbonyl (C=O) groups excluding carboxylic acids is 2. The zero-order valence-corrected chi connectivity index (χ0v) is 12.6. The van der Waals surface area contributed by atoms with Crippen LogP contribution in [0.25, 0.3) is 0 Å². The van der Waals surface area contributed by atoms with Crippen molar-refractivity contribution in [3.63, 3.8) is 0 Å². The molecule has 0 heterocycles. The zero-order chi connectivity index (χ0) is 18.4. The molecular weight excluding hydrogens is 328 g/mol. The van der Waals surface area contributed by atoms with Gasteiger partial charge >= 0.3 is 11.9 Å². The van der Waals surface area contributed by atoms with Crippen LogP contribution in [0.3, 0.4) is 0 Å². The van der Waals surface area contributed by atoms with Crippen molar-refractivity contribution in [3.8, 4) is 0 Å². The van der Waals surface area contributed by atoms with Crippen LogP contribution in [0.15, 0.2) is 46.4 Å². The summed E-state index contributed by atoms with van der Waals surface area (Å²) in [6, 6.07) is 8.16. The molecule has 124 valence electrons. The number of carbonyl (C=O) groups is 2. The van der Waals surface area contributed by atoms with Crippen LogP contribution in [0.2, 0.25) is 0 Å². The van der Waals surface area contributed by atoms with E-state index < -0.39 is 11.9 Å². The molecule has 0 aromatic heterocycles. The SMILES string of the molecule is O=C=Nc1ccc(Cc2ccc(N=C=O)cc2C(=O)O)c(C(=O)O)c1. The van der Waals surface area contributed by atoms with E-state index in [1.807, 2.05) is 0 Å². The Morgan fingerprint density at radius 2 is 1.20 bits per heavy atom. The minimum absolute atomic E-state index is 0.0133. The quantitative estimate of drug-likeness (QED) is 0.614. The highest BCUT2D eigenvalue weighted by molar-refractivity contribution is 5.92. The van der Waals surface area contributed by atoms with Crippen molar-refractivity contribution in [2.24, 2.45) is 9.98 Å². The van der Waals surface area contributed by atoms with Gasteiger partial charge in [0.15, 0.2) is 0 Å². The Labute approximate surface area is 140 Å². The Bertz CT molecular complexity index is 876. The van der Waals surface area contributed by atoms with Crippen LogP contribution < -0.4 is 0 Å². The van der Waals surface area contributed by atoms with Gasteiger partial charge in [0.2, 0.25) is 12.2 Å². The molecule has 2 N–H and O–H groups in total. The molecular formula is C17H10N2O6. The van der Waals surface area contributed by atoms with E-state index in [1.54, 1.807) is 0 Å². The topological polar surface area (TPSA) is 133 Å². The van der Waals surface area contributed by atoms with Crippen LogP contribution in [-0.2, 0) is 16.0 Å². The molecule has 0 aliphatic rings. The largest absolute Gasteiger partial charge is 0.478 e. The van der Waals surface area contributed by atoms with Gasteiger partial charge in [0.1, 0.15) is 0 Å². The standard InChI is InChI=1S/C17H10N2O6/c20-8-18-12-3-1-10(14(6-12)16(22)23)5-11-2-4-13(19-9-21)7-15(11)17(24)25/h1-4,6-7H,5H2,(H,22,23)(H,24,25). The monoisotopic (exact) mass is 338 g/mol. The van der Waals surface area contributed by atoms with Crippen LogP contribution in [-0.4, -0.2) is 34.3 Å². The van der Waals surface area contributed by atoms with Gasteiger partial charge in [-0.3, -0.25) is 0 Å². The predicted molar refractivity (Wildman–Crippen MR) is 85.2 cm³/mol. The number of benzene rings is 2. The Hall–Kier alpha value is -3.86. The summed E-state index contributed by atoms with van der Waals surface area (Å²) in [4.78, 5) is 50.1. The molecule has 0 unspecified atom stereocenters. The van der Waals surface area contributed by atoms with Crippen LogP contribution in [0.4, 0.5) is 11.4 Å². The number of nitrogens with zero attached hydrogens (tertiary/aromatic N) is 2. The first kappa shape index (κ1) is 17.5. The molecule has 0 spiro atoms. The molecule has 0 aliphatic carbocycles. The van der Waals surface area contributed by atoms with Gasteiger partial charge in [0.05, 0.1) is 22.5 Å². The van der Waals surface area contributed by atoms with E-state index in [9.17, 15) is 29.4 Å². The molecule has 2 rings (SSSR count). The predicted octanol–water partition coefficient (Wildman–Crippen LogP) is 2.61. The third kappa shape index (κ3) is 4.11. The van der Waals surface area contributed by atoms with E-state index in [4.69, 9.17) is 0 Å². The molecule has 2 aromatic rings. The first-order valence-electron chi connectivity index (χ1n) is 6.84. The van der Waals surface area contributed by atoms with Gasteiger partial charge in [0, 0.05) is 0 Å². The maximum Gasteiger partial charge on any atom is 0.336 e. The Balaban J connectivity index is 2.52. The molecule has 0 saturated heterocycles. The Morgan fingerprint density at radius 3 is 1.52 bits per heavy atom. The molecule has 0 fully saturated rings. The number of aromatic carboxylic acids is 2. The Kier molecular flexibility index (Phi) is 5.32. The second-order valence-electron chi connectivity index (χ2n) is 4.88. The molecule has 25 heavy (non-hydrogen) atoms. The highest BCUT2D eigenvalue weighted by Crippen LogP contribution is 2.25. The number of hydrogen-bond donors (Lipinski definition) is 2. The van der Waals surface area contributed by atoms with Crippen molar-refractivity contribution < 1.29 is 29.4 Å². The number of hydrogen-bond acceptors (Lipinski definition) is 6. The molecule has 8 heteroatoms. The normalized spacial score (nSPS) is 9.60. The summed E-state index contributed by atoms with van der Waals surface area (Å²) >= 11 is 0. The zero-order valence-electron chi connectivity index (χ0n) is 12.6. The molecule has 0 radical (unpaired) electrons. The molecule has 0 bridgehead atoms. The van der Waals surface area contributed by atoms with Gasteiger partial charge in [-0.1, -0.05) is 12.1 Å². The maximum atomic E-state index is 11.4. The maximum absolute atomic E-state index is 11.4. The van der Waals surface area contributed by atoms with Crippen molar-refractivity contribution in [2.45, 2.75) is 6.42 Å². The lowest BCUT2D eigenvalue weighted by Gasteiger charge is -2.10. The van der Waals surface area contributed by atoms with E-state index in [-0.39, 0.29) is 28.9 Å². The minimum Gasteiger partial charge on any atom is -0.478 e. The summed E-state index contributed by atoms with van der Waals surface area (Å²) in [6.45, 7) is 0. The fraction of sp³-hybridized carbons (Fsp3) is 0.0588. The van der Waals surface area contributed by atoms with E-state index in [2.05, 4.69) is 9.98 Å². The summed E-state index contributed by atoms with van der Waals surface area (Å²) in [6.07, 6.45) is 2.66. The summed E-state index contributed by atoms with van der Waals surface area (Å²) in [5.41, 5.74) is 0.721. The van der Waals surface area contributed by atoms with Crippen molar-refractivity contribution in [1.82, 2.24) is 0 Å². The summed E-state index contributed by atoms with van der Waals surface area (Å²) in [5.74, 6) is -2.48. The van der Waals surface area contributed by atoms with Crippen LogP contribution in [0.5, 0.6) is 0 Å². The van der Waals surface area contributed by atoms with Crippen molar-refractivity contribution in [3.05, 3.63) is 58.7 Å². The summed E-state index contributed by atoms with van der Waals surface area (Å²) < 4.78 is 0. The fourth-order valence-electron chi connectivity index (χ4n) is 2.29. The van der Waals surface area contributed by atoms with Crippen molar-refractivity contribution >= 4 is 35.5 Å². The second kappa shape index (κ2) is 7.61. The van der Waals surface area contributed by atoms with E-state index >= 15 is 0 Å². The minimum atomic E-state index is -1.24. The third-order valence-electron chi connectivity index (χ3n) is 3.38. The summed E-state index contributed by atoms with van der Waals surface area (Å²) in [5, 5.41) is 18.6. The summed E-state index contributed by atoms with van der Waals surface area (Å²) in [7, 11) is 0. The van der Waals surface area contributed by atoms with Gasteiger partial charge in [-0.25, -0.2) is 19.2 Å². The molecule has 0 aliphatic heterocycles. The highest BCUT2D eigenvalue weighted by Gasteiger charge is 2.16. The lowest BCUT2D eigenvalue weighted by atomic mass is 9.95. The third-order valence-corrected chi connectivity index (χ3v) is 3.38. The van der Waals surface area contributed by atoms with E-state index in [1.165, 1.54) is 48.6 Å². The number of carboxylic acid groups (broad SMARTS) is 2. The first-order valence-corrected chi connectivity index (χ1v) is 6.84. The smallest absolute Gasteiger partial charge is 0.336 e. The number of rotatable bonds is 6. The molecule has 0 amide bonds. The molecule has 0 saturated carbocycles. The van der Waals surface area contributed by atoms with Gasteiger partial charge in [-0.15, -0.1) is 0 Å². The highest BCUT2D eigenvalue weighted by atomic mass is 16.4. The van der Waals surface area contributed by atoms with E-state index in [0.717, 1.165) is 0 Å². The van der Waals surface area contributed by atoms with Crippen LogP contribution >= 0.6 is 0 Å². The average Bonchev–Trinajstić information content (AvgIpc) is 2.57. The number of isocyanates is 2. The fourth-order valence-corrected chi connectivity index (χ4v) is 2.29. The van der Waals surface area contributed by atoms with Crippen LogP contribution in [0, 0.1) is 0 Å². The van der Waals surface area contributed by atoms with E-state index in [0.29, 0.717) is 11.1 Å². The van der Waals surface area contributed by atoms with Gasteiger partial charge < -0.3 is 10.2 Å². The lowest BCUT2D eigenvalue weighted by molar-refractivity contribution is 0.0686. The molecule has 8 nitrogen and oxygen atoms in total.